The average molecular weight is 436 g/mol. The van der Waals surface area contributed by atoms with Crippen LogP contribution in [0.5, 0.6) is 11.5 Å². The fraction of sp³-hybridized carbons (Fsp3) is 0.400. The van der Waals surface area contributed by atoms with Gasteiger partial charge in [0.25, 0.3) is 11.5 Å². The number of ether oxygens (including phenoxy) is 2. The Balaban J connectivity index is 1.61. The molecule has 1 aromatic heterocycles. The van der Waals surface area contributed by atoms with Crippen LogP contribution in [0, 0.1) is 0 Å². The van der Waals surface area contributed by atoms with E-state index in [-0.39, 0.29) is 17.6 Å². The maximum Gasteiger partial charge on any atom is 0.275 e. The molecule has 0 saturated carbocycles. The molecule has 32 heavy (non-hydrogen) atoms. The van der Waals surface area contributed by atoms with Crippen LogP contribution in [0.1, 0.15) is 43.6 Å². The topological polar surface area (TPSA) is 73.7 Å². The van der Waals surface area contributed by atoms with Crippen molar-refractivity contribution in [2.75, 3.05) is 19.7 Å². The van der Waals surface area contributed by atoms with Crippen molar-refractivity contribution in [3.63, 3.8) is 0 Å². The van der Waals surface area contributed by atoms with Crippen molar-refractivity contribution in [1.29, 1.82) is 0 Å². The van der Waals surface area contributed by atoms with Crippen LogP contribution in [-0.4, -0.2) is 46.4 Å². The number of para-hydroxylation sites is 2. The molecular weight excluding hydrogens is 406 g/mol. The number of amides is 1. The normalized spacial score (nSPS) is 15.0. The smallest absolute Gasteiger partial charge is 0.275 e. The molecule has 2 heterocycles. The monoisotopic (exact) mass is 435 g/mol. The molecule has 0 radical (unpaired) electrons. The first-order chi connectivity index (χ1) is 15.6. The van der Waals surface area contributed by atoms with E-state index < -0.39 is 0 Å². The largest absolute Gasteiger partial charge is 0.486 e. The standard InChI is InChI=1S/C25H29N3O4/c1-3-5-10-15-28-24(29)20-12-7-6-11-19(20)23(26-28)25(30)27(4-2)16-18-17-31-21-13-8-9-14-22(21)32-18/h6-9,11-14,18H,3-5,10,15-17H2,1-2H3. The van der Waals surface area contributed by atoms with Crippen molar-refractivity contribution in [2.45, 2.75) is 45.8 Å². The van der Waals surface area contributed by atoms with E-state index in [1.165, 1.54) is 4.68 Å². The van der Waals surface area contributed by atoms with E-state index in [1.807, 2.05) is 43.3 Å². The Morgan fingerprint density at radius 1 is 1.06 bits per heavy atom. The summed E-state index contributed by atoms with van der Waals surface area (Å²) in [5, 5.41) is 5.61. The predicted octanol–water partition coefficient (Wildman–Crippen LogP) is 3.89. The molecule has 7 heteroatoms. The van der Waals surface area contributed by atoms with Gasteiger partial charge in [-0.3, -0.25) is 9.59 Å². The molecule has 1 atom stereocenters. The van der Waals surface area contributed by atoms with E-state index in [0.29, 0.717) is 54.2 Å². The van der Waals surface area contributed by atoms with Gasteiger partial charge in [-0.2, -0.15) is 5.10 Å². The number of rotatable bonds is 8. The second kappa shape index (κ2) is 9.85. The molecule has 0 N–H and O–H groups in total. The molecule has 4 rings (SSSR count). The lowest BCUT2D eigenvalue weighted by molar-refractivity contribution is 0.0471. The number of carbonyl (C=O) groups is 1. The van der Waals surface area contributed by atoms with E-state index in [4.69, 9.17) is 9.47 Å². The molecule has 1 unspecified atom stereocenters. The van der Waals surface area contributed by atoms with Crippen molar-refractivity contribution >= 4 is 16.7 Å². The van der Waals surface area contributed by atoms with Crippen LogP contribution >= 0.6 is 0 Å². The van der Waals surface area contributed by atoms with Gasteiger partial charge in [0.1, 0.15) is 6.61 Å². The SMILES string of the molecule is CCCCCn1nc(C(=O)N(CC)CC2COc3ccccc3O2)c2ccccc2c1=O. The van der Waals surface area contributed by atoms with E-state index >= 15 is 0 Å². The number of fused-ring (bicyclic) bond motifs is 2. The third-order valence-electron chi connectivity index (χ3n) is 5.70. The number of benzene rings is 2. The van der Waals surface area contributed by atoms with Crippen LogP contribution in [-0.2, 0) is 6.54 Å². The van der Waals surface area contributed by atoms with Gasteiger partial charge in [0.15, 0.2) is 23.3 Å². The Kier molecular flexibility index (Phi) is 6.73. The zero-order valence-electron chi connectivity index (χ0n) is 18.6. The molecule has 3 aromatic rings. The Bertz CT molecular complexity index is 1160. The highest BCUT2D eigenvalue weighted by atomic mass is 16.6. The Morgan fingerprint density at radius 2 is 1.78 bits per heavy atom. The van der Waals surface area contributed by atoms with E-state index in [0.717, 1.165) is 19.3 Å². The summed E-state index contributed by atoms with van der Waals surface area (Å²) >= 11 is 0. The molecular formula is C25H29N3O4. The number of carbonyl (C=O) groups excluding carboxylic acids is 1. The minimum atomic E-state index is -0.282. The summed E-state index contributed by atoms with van der Waals surface area (Å²) in [5.74, 6) is 1.18. The molecule has 168 valence electrons. The van der Waals surface area contributed by atoms with E-state index in [2.05, 4.69) is 12.0 Å². The summed E-state index contributed by atoms with van der Waals surface area (Å²) in [7, 11) is 0. The first kappa shape index (κ1) is 21.9. The van der Waals surface area contributed by atoms with Gasteiger partial charge in [-0.25, -0.2) is 4.68 Å². The molecule has 0 fully saturated rings. The number of aromatic nitrogens is 2. The molecule has 7 nitrogen and oxygen atoms in total. The zero-order valence-corrected chi connectivity index (χ0v) is 18.6. The van der Waals surface area contributed by atoms with Crippen molar-refractivity contribution < 1.29 is 14.3 Å². The Hall–Kier alpha value is -3.35. The van der Waals surface area contributed by atoms with Crippen molar-refractivity contribution in [2.24, 2.45) is 0 Å². The van der Waals surface area contributed by atoms with Gasteiger partial charge in [-0.1, -0.05) is 50.1 Å². The number of hydrogen-bond acceptors (Lipinski definition) is 5. The van der Waals surface area contributed by atoms with Gasteiger partial charge in [0.05, 0.1) is 11.9 Å². The van der Waals surface area contributed by atoms with Gasteiger partial charge in [0.2, 0.25) is 0 Å². The van der Waals surface area contributed by atoms with Crippen LogP contribution in [0.25, 0.3) is 10.8 Å². The highest BCUT2D eigenvalue weighted by molar-refractivity contribution is 6.04. The number of likely N-dealkylation sites (N-methyl/N-ethyl adjacent to an activating group) is 1. The minimum absolute atomic E-state index is 0.156. The van der Waals surface area contributed by atoms with Crippen molar-refractivity contribution in [3.05, 3.63) is 64.6 Å². The second-order valence-corrected chi connectivity index (χ2v) is 7.97. The first-order valence-electron chi connectivity index (χ1n) is 11.3. The van der Waals surface area contributed by atoms with Gasteiger partial charge in [-0.15, -0.1) is 0 Å². The Morgan fingerprint density at radius 3 is 2.53 bits per heavy atom. The van der Waals surface area contributed by atoms with Crippen LogP contribution in [0.4, 0.5) is 0 Å². The highest BCUT2D eigenvalue weighted by Gasteiger charge is 2.27. The first-order valence-corrected chi connectivity index (χ1v) is 11.3. The molecule has 0 bridgehead atoms. The number of hydrogen-bond donors (Lipinski definition) is 0. The molecule has 0 aliphatic carbocycles. The van der Waals surface area contributed by atoms with Gasteiger partial charge in [0, 0.05) is 18.5 Å². The van der Waals surface area contributed by atoms with Gasteiger partial charge >= 0.3 is 0 Å². The summed E-state index contributed by atoms with van der Waals surface area (Å²) in [6, 6.07) is 14.7. The highest BCUT2D eigenvalue weighted by Crippen LogP contribution is 2.31. The van der Waals surface area contributed by atoms with Crippen molar-refractivity contribution in [3.8, 4) is 11.5 Å². The Labute approximate surface area is 187 Å². The maximum atomic E-state index is 13.6. The summed E-state index contributed by atoms with van der Waals surface area (Å²) in [6.07, 6.45) is 2.62. The number of unbranched alkanes of at least 4 members (excludes halogenated alkanes) is 2. The number of nitrogens with zero attached hydrogens (tertiary/aromatic N) is 3. The molecule has 1 aliphatic heterocycles. The van der Waals surface area contributed by atoms with Gasteiger partial charge in [-0.05, 0) is 31.5 Å². The van der Waals surface area contributed by atoms with E-state index in [9.17, 15) is 9.59 Å². The predicted molar refractivity (Wildman–Crippen MR) is 123 cm³/mol. The quantitative estimate of drug-likeness (QED) is 0.502. The molecule has 2 aromatic carbocycles. The summed E-state index contributed by atoms with van der Waals surface area (Å²) < 4.78 is 13.3. The summed E-state index contributed by atoms with van der Waals surface area (Å²) in [6.45, 7) is 5.76. The average Bonchev–Trinajstić information content (AvgIpc) is 2.83. The van der Waals surface area contributed by atoms with Crippen molar-refractivity contribution in [1.82, 2.24) is 14.7 Å². The molecule has 1 amide bonds. The van der Waals surface area contributed by atoms with Crippen LogP contribution < -0.4 is 15.0 Å². The van der Waals surface area contributed by atoms with Crippen LogP contribution in [0.2, 0.25) is 0 Å². The lowest BCUT2D eigenvalue weighted by atomic mass is 10.1. The third kappa shape index (κ3) is 4.47. The van der Waals surface area contributed by atoms with E-state index in [1.54, 1.807) is 17.0 Å². The maximum absolute atomic E-state index is 13.6. The fourth-order valence-electron chi connectivity index (χ4n) is 3.96. The third-order valence-corrected chi connectivity index (χ3v) is 5.70. The lowest BCUT2D eigenvalue weighted by Gasteiger charge is -2.31. The molecule has 0 saturated heterocycles. The molecule has 1 aliphatic rings. The second-order valence-electron chi connectivity index (χ2n) is 7.97. The summed E-state index contributed by atoms with van der Waals surface area (Å²) in [4.78, 5) is 28.2. The minimum Gasteiger partial charge on any atom is -0.486 e. The molecule has 0 spiro atoms. The van der Waals surface area contributed by atoms with Crippen LogP contribution in [0.15, 0.2) is 53.3 Å². The zero-order chi connectivity index (χ0) is 22.5. The fourth-order valence-corrected chi connectivity index (χ4v) is 3.96. The van der Waals surface area contributed by atoms with Gasteiger partial charge < -0.3 is 14.4 Å². The summed E-state index contributed by atoms with van der Waals surface area (Å²) in [5.41, 5.74) is 0.146. The van der Waals surface area contributed by atoms with Crippen LogP contribution in [0.3, 0.4) is 0 Å². The lowest BCUT2D eigenvalue weighted by Crippen LogP contribution is -2.44. The number of aryl methyl sites for hydroxylation is 1.